The molecule has 0 radical (unpaired) electrons. The van der Waals surface area contributed by atoms with Gasteiger partial charge in [-0.1, -0.05) is 47.6 Å². The molecule has 4 aromatic rings. The van der Waals surface area contributed by atoms with Crippen molar-refractivity contribution in [1.82, 2.24) is 24.6 Å². The lowest BCUT2D eigenvalue weighted by Crippen LogP contribution is -2.48. The summed E-state index contributed by atoms with van der Waals surface area (Å²) in [6.07, 6.45) is 0.0185. The van der Waals surface area contributed by atoms with Crippen LogP contribution in [0.15, 0.2) is 59.1 Å². The minimum absolute atomic E-state index is 0.00927. The van der Waals surface area contributed by atoms with Gasteiger partial charge in [0.25, 0.3) is 5.91 Å². The number of benzene rings is 2. The third-order valence-corrected chi connectivity index (χ3v) is 8.18. The maximum atomic E-state index is 13.0. The molecule has 2 unspecified atom stereocenters. The monoisotopic (exact) mass is 555 g/mol. The van der Waals surface area contributed by atoms with Crippen molar-refractivity contribution in [3.63, 3.8) is 0 Å². The number of halogens is 1. The van der Waals surface area contributed by atoms with Crippen molar-refractivity contribution in [3.05, 3.63) is 69.6 Å². The van der Waals surface area contributed by atoms with Gasteiger partial charge in [0.15, 0.2) is 11.0 Å². The predicted molar refractivity (Wildman–Crippen MR) is 146 cm³/mol. The number of nitrogens with zero attached hydrogens (tertiary/aromatic N) is 5. The number of ether oxygens (including phenoxy) is 2. The Bertz CT molecular complexity index is 1400. The molecule has 11 heteroatoms. The molecule has 1 aliphatic heterocycles. The summed E-state index contributed by atoms with van der Waals surface area (Å²) in [5, 5.41) is 12.9. The summed E-state index contributed by atoms with van der Waals surface area (Å²) in [5.74, 6) is 1.77. The van der Waals surface area contributed by atoms with Gasteiger partial charge in [-0.05, 0) is 38.1 Å². The highest BCUT2D eigenvalue weighted by Crippen LogP contribution is 2.36. The maximum absolute atomic E-state index is 13.0. The van der Waals surface area contributed by atoms with Crippen LogP contribution < -0.4 is 4.74 Å². The fraction of sp³-hybridized carbons (Fsp3) is 0.308. The van der Waals surface area contributed by atoms with Crippen LogP contribution in [0, 0.1) is 0 Å². The van der Waals surface area contributed by atoms with Crippen molar-refractivity contribution >= 4 is 40.6 Å². The van der Waals surface area contributed by atoms with E-state index in [0.29, 0.717) is 46.3 Å². The standard InChI is InChI=1S/C26H26ClN5O3S2/c1-16-12-31(13-17(2)35-16)25(33)20-14-36-23(28-20)15-37-26-30-29-24(18-8-4-5-9-19(18)27)32(26)21-10-6-7-11-22(21)34-3/h4-11,14,16-17H,12-13,15H2,1-3H3. The van der Waals surface area contributed by atoms with Crippen molar-refractivity contribution in [2.24, 2.45) is 0 Å². The average molecular weight is 556 g/mol. The lowest BCUT2D eigenvalue weighted by atomic mass is 10.2. The SMILES string of the molecule is COc1ccccc1-n1c(SCc2nc(C(=O)N3CC(C)OC(C)C3)cs2)nnc1-c1ccccc1Cl. The van der Waals surface area contributed by atoms with Crippen LogP contribution in [-0.4, -0.2) is 63.0 Å². The number of carbonyl (C=O) groups excluding carboxylic acids is 1. The predicted octanol–water partition coefficient (Wildman–Crippen LogP) is 5.59. The van der Waals surface area contributed by atoms with Crippen LogP contribution in [0.1, 0.15) is 29.3 Å². The number of amides is 1. The number of morpholine rings is 1. The van der Waals surface area contributed by atoms with Crippen LogP contribution in [0.3, 0.4) is 0 Å². The van der Waals surface area contributed by atoms with Gasteiger partial charge in [0.05, 0.1) is 35.8 Å². The molecule has 0 N–H and O–H groups in total. The van der Waals surface area contributed by atoms with Gasteiger partial charge >= 0.3 is 0 Å². The van der Waals surface area contributed by atoms with Crippen LogP contribution in [0.25, 0.3) is 17.1 Å². The van der Waals surface area contributed by atoms with Gasteiger partial charge < -0.3 is 14.4 Å². The minimum atomic E-state index is -0.0623. The highest BCUT2D eigenvalue weighted by Gasteiger charge is 2.28. The first kappa shape index (κ1) is 25.7. The molecule has 0 bridgehead atoms. The molecule has 2 aromatic carbocycles. The third-order valence-electron chi connectivity index (χ3n) is 5.88. The van der Waals surface area contributed by atoms with Gasteiger partial charge in [0.2, 0.25) is 0 Å². The Kier molecular flexibility index (Phi) is 7.80. The van der Waals surface area contributed by atoms with Crippen molar-refractivity contribution in [3.8, 4) is 22.8 Å². The smallest absolute Gasteiger partial charge is 0.273 e. The summed E-state index contributed by atoms with van der Waals surface area (Å²) < 4.78 is 13.3. The number of rotatable bonds is 7. The zero-order valence-corrected chi connectivity index (χ0v) is 23.0. The van der Waals surface area contributed by atoms with E-state index in [9.17, 15) is 4.79 Å². The van der Waals surface area contributed by atoms with Crippen molar-refractivity contribution in [2.45, 2.75) is 37.0 Å². The molecular formula is C26H26ClN5O3S2. The molecule has 1 saturated heterocycles. The molecule has 0 spiro atoms. The molecule has 3 heterocycles. The Labute approximate surface area is 228 Å². The van der Waals surface area contributed by atoms with E-state index in [0.717, 1.165) is 16.3 Å². The minimum Gasteiger partial charge on any atom is -0.495 e. The van der Waals surface area contributed by atoms with E-state index >= 15 is 0 Å². The van der Waals surface area contributed by atoms with Crippen LogP contribution in [0.4, 0.5) is 0 Å². The fourth-order valence-corrected chi connectivity index (χ4v) is 6.27. The van der Waals surface area contributed by atoms with Gasteiger partial charge in [-0.2, -0.15) is 0 Å². The number of carbonyl (C=O) groups is 1. The van der Waals surface area contributed by atoms with Gasteiger partial charge in [-0.25, -0.2) is 4.98 Å². The number of hydrogen-bond acceptors (Lipinski definition) is 8. The summed E-state index contributed by atoms with van der Waals surface area (Å²) in [6, 6.07) is 15.2. The second kappa shape index (κ2) is 11.2. The maximum Gasteiger partial charge on any atom is 0.273 e. The Hall–Kier alpha value is -2.92. The lowest BCUT2D eigenvalue weighted by molar-refractivity contribution is -0.0587. The number of hydrogen-bond donors (Lipinski definition) is 0. The molecule has 192 valence electrons. The van der Waals surface area contributed by atoms with E-state index in [1.54, 1.807) is 7.11 Å². The number of thioether (sulfide) groups is 1. The first-order valence-electron chi connectivity index (χ1n) is 11.8. The van der Waals surface area contributed by atoms with Crippen molar-refractivity contribution in [1.29, 1.82) is 0 Å². The third kappa shape index (κ3) is 5.52. The van der Waals surface area contributed by atoms with E-state index < -0.39 is 0 Å². The highest BCUT2D eigenvalue weighted by atomic mass is 35.5. The van der Waals surface area contributed by atoms with Gasteiger partial charge in [-0.15, -0.1) is 21.5 Å². The Morgan fingerprint density at radius 3 is 2.62 bits per heavy atom. The molecule has 2 atom stereocenters. The molecule has 2 aromatic heterocycles. The average Bonchev–Trinajstić information content (AvgIpc) is 3.54. The Balaban J connectivity index is 1.41. The molecule has 8 nitrogen and oxygen atoms in total. The summed E-state index contributed by atoms with van der Waals surface area (Å²) in [7, 11) is 1.63. The van der Waals surface area contributed by atoms with Crippen molar-refractivity contribution in [2.75, 3.05) is 20.2 Å². The molecule has 5 rings (SSSR count). The molecule has 1 amide bonds. The van der Waals surface area contributed by atoms with Crippen LogP contribution >= 0.6 is 34.7 Å². The zero-order valence-electron chi connectivity index (χ0n) is 20.6. The molecule has 1 aliphatic rings. The summed E-state index contributed by atoms with van der Waals surface area (Å²) in [4.78, 5) is 19.5. The normalized spacial score (nSPS) is 17.7. The topological polar surface area (TPSA) is 82.4 Å². The van der Waals surface area contributed by atoms with Gasteiger partial charge in [0.1, 0.15) is 16.5 Å². The molecule has 0 saturated carbocycles. The van der Waals surface area contributed by atoms with E-state index in [-0.39, 0.29) is 18.1 Å². The quantitative estimate of drug-likeness (QED) is 0.275. The summed E-state index contributed by atoms with van der Waals surface area (Å²) in [5.41, 5.74) is 2.04. The molecule has 1 fully saturated rings. The largest absolute Gasteiger partial charge is 0.495 e. The van der Waals surface area contributed by atoms with Crippen LogP contribution in [0.2, 0.25) is 5.02 Å². The second-order valence-corrected chi connectivity index (χ2v) is 11.0. The molecular weight excluding hydrogens is 530 g/mol. The number of thiazole rings is 1. The Morgan fingerprint density at radius 2 is 1.86 bits per heavy atom. The molecule has 0 aliphatic carbocycles. The van der Waals surface area contributed by atoms with Crippen LogP contribution in [0.5, 0.6) is 5.75 Å². The van der Waals surface area contributed by atoms with E-state index in [1.165, 1.54) is 23.1 Å². The molecule has 37 heavy (non-hydrogen) atoms. The fourth-order valence-electron chi connectivity index (χ4n) is 4.32. The van der Waals surface area contributed by atoms with E-state index in [2.05, 4.69) is 15.2 Å². The highest BCUT2D eigenvalue weighted by molar-refractivity contribution is 7.98. The van der Waals surface area contributed by atoms with E-state index in [4.69, 9.17) is 21.1 Å². The lowest BCUT2D eigenvalue weighted by Gasteiger charge is -2.34. The summed E-state index contributed by atoms with van der Waals surface area (Å²) >= 11 is 9.47. The zero-order chi connectivity index (χ0) is 25.9. The van der Waals surface area contributed by atoms with Gasteiger partial charge in [0, 0.05) is 24.0 Å². The first-order valence-corrected chi connectivity index (χ1v) is 14.0. The number of aromatic nitrogens is 4. The number of para-hydroxylation sites is 2. The van der Waals surface area contributed by atoms with E-state index in [1.807, 2.05) is 77.2 Å². The van der Waals surface area contributed by atoms with Gasteiger partial charge in [-0.3, -0.25) is 9.36 Å². The van der Waals surface area contributed by atoms with Crippen molar-refractivity contribution < 1.29 is 14.3 Å². The van der Waals surface area contributed by atoms with Crippen LogP contribution in [-0.2, 0) is 10.5 Å². The first-order chi connectivity index (χ1) is 17.9. The summed E-state index contributed by atoms with van der Waals surface area (Å²) in [6.45, 7) is 5.09. The Morgan fingerprint density at radius 1 is 1.14 bits per heavy atom. The second-order valence-electron chi connectivity index (χ2n) is 8.68. The number of methoxy groups -OCH3 is 1.